The summed E-state index contributed by atoms with van der Waals surface area (Å²) in [6.45, 7) is 0.461. The predicted molar refractivity (Wildman–Crippen MR) is 96.8 cm³/mol. The zero-order valence-corrected chi connectivity index (χ0v) is 15.3. The van der Waals surface area contributed by atoms with Gasteiger partial charge in [-0.3, -0.25) is 9.59 Å². The van der Waals surface area contributed by atoms with Gasteiger partial charge in [-0.15, -0.1) is 10.2 Å². The first kappa shape index (κ1) is 17.7. The van der Waals surface area contributed by atoms with Crippen molar-refractivity contribution in [2.24, 2.45) is 5.92 Å². The number of nitrogens with one attached hydrogen (secondary N) is 2. The summed E-state index contributed by atoms with van der Waals surface area (Å²) in [5.74, 6) is 1.08. The Hall–Kier alpha value is -2.13. The topological polar surface area (TPSA) is 93.2 Å². The van der Waals surface area contributed by atoms with Crippen molar-refractivity contribution >= 4 is 40.0 Å². The van der Waals surface area contributed by atoms with E-state index in [-0.39, 0.29) is 23.5 Å². The number of carbonyl (C=O) groups is 2. The van der Waals surface area contributed by atoms with Crippen molar-refractivity contribution in [3.63, 3.8) is 0 Å². The molecule has 3 rings (SSSR count). The Bertz CT molecular complexity index is 744. The van der Waals surface area contributed by atoms with Gasteiger partial charge >= 0.3 is 0 Å². The van der Waals surface area contributed by atoms with Gasteiger partial charge in [0.15, 0.2) is 4.34 Å². The summed E-state index contributed by atoms with van der Waals surface area (Å²) in [5, 5.41) is 14.0. The normalized spacial score (nSPS) is 13.3. The summed E-state index contributed by atoms with van der Waals surface area (Å²) >= 11 is 2.59. The van der Waals surface area contributed by atoms with Gasteiger partial charge in [-0.25, -0.2) is 0 Å². The van der Waals surface area contributed by atoms with Crippen LogP contribution in [0.25, 0.3) is 0 Å². The van der Waals surface area contributed by atoms with E-state index in [1.165, 1.54) is 23.1 Å². The van der Waals surface area contributed by atoms with Crippen LogP contribution >= 0.6 is 23.1 Å². The van der Waals surface area contributed by atoms with Crippen molar-refractivity contribution in [2.75, 3.05) is 18.2 Å². The fraction of sp³-hybridized carbons (Fsp3) is 0.375. The average molecular weight is 378 g/mol. The number of benzene rings is 1. The first-order chi connectivity index (χ1) is 12.1. The third-order valence-electron chi connectivity index (χ3n) is 3.56. The Labute approximate surface area is 153 Å². The lowest BCUT2D eigenvalue weighted by Gasteiger charge is -2.05. The third kappa shape index (κ3) is 5.43. The van der Waals surface area contributed by atoms with E-state index in [0.29, 0.717) is 16.0 Å². The molecule has 2 N–H and O–H groups in total. The number of ether oxygens (including phenoxy) is 1. The van der Waals surface area contributed by atoms with E-state index in [0.717, 1.165) is 24.2 Å². The molecule has 0 radical (unpaired) electrons. The Morgan fingerprint density at radius 3 is 2.72 bits per heavy atom. The molecule has 1 heterocycles. The van der Waals surface area contributed by atoms with Crippen molar-refractivity contribution in [1.82, 2.24) is 15.5 Å². The largest absolute Gasteiger partial charge is 0.497 e. The maximum absolute atomic E-state index is 11.9. The van der Waals surface area contributed by atoms with Gasteiger partial charge in [0, 0.05) is 12.5 Å². The molecule has 2 amide bonds. The monoisotopic (exact) mass is 378 g/mol. The highest BCUT2D eigenvalue weighted by Gasteiger charge is 2.30. The van der Waals surface area contributed by atoms with Crippen molar-refractivity contribution < 1.29 is 14.3 Å². The van der Waals surface area contributed by atoms with Gasteiger partial charge in [-0.1, -0.05) is 35.2 Å². The number of rotatable bonds is 8. The second-order valence-electron chi connectivity index (χ2n) is 5.55. The van der Waals surface area contributed by atoms with Gasteiger partial charge in [-0.05, 0) is 30.5 Å². The van der Waals surface area contributed by atoms with Gasteiger partial charge in [0.1, 0.15) is 5.75 Å². The van der Waals surface area contributed by atoms with Crippen LogP contribution < -0.4 is 15.4 Å². The van der Waals surface area contributed by atoms with E-state index in [1.807, 2.05) is 24.3 Å². The first-order valence-electron chi connectivity index (χ1n) is 7.81. The molecule has 1 fully saturated rings. The average Bonchev–Trinajstić information content (AvgIpc) is 3.39. The predicted octanol–water partition coefficient (Wildman–Crippen LogP) is 2.30. The lowest BCUT2D eigenvalue weighted by atomic mass is 10.2. The highest BCUT2D eigenvalue weighted by atomic mass is 32.2. The Kier molecular flexibility index (Phi) is 5.87. The van der Waals surface area contributed by atoms with E-state index in [4.69, 9.17) is 4.74 Å². The molecular weight excluding hydrogens is 360 g/mol. The molecule has 0 atom stereocenters. The van der Waals surface area contributed by atoms with Crippen LogP contribution in [0.3, 0.4) is 0 Å². The molecule has 9 heteroatoms. The number of anilines is 1. The van der Waals surface area contributed by atoms with Gasteiger partial charge in [0.05, 0.1) is 12.9 Å². The van der Waals surface area contributed by atoms with Crippen molar-refractivity contribution in [2.45, 2.75) is 23.7 Å². The number of carbonyl (C=O) groups excluding carboxylic acids is 2. The number of amides is 2. The standard InChI is InChI=1S/C16H18N4O3S2/c1-23-12-6-2-10(3-7-12)8-17-13(21)9-24-16-20-19-15(25-16)18-14(22)11-4-5-11/h2-3,6-7,11H,4-5,8-9H2,1H3,(H,17,21)(H,18,19,22). The second-order valence-corrected chi connectivity index (χ2v) is 7.75. The minimum Gasteiger partial charge on any atom is -0.497 e. The fourth-order valence-electron chi connectivity index (χ4n) is 1.99. The van der Waals surface area contributed by atoms with Crippen LogP contribution in [0.15, 0.2) is 28.6 Å². The molecule has 0 unspecified atom stereocenters. The molecule has 0 spiro atoms. The molecule has 1 aliphatic rings. The smallest absolute Gasteiger partial charge is 0.230 e. The molecule has 2 aromatic rings. The van der Waals surface area contributed by atoms with Crippen LogP contribution in [0, 0.1) is 5.92 Å². The van der Waals surface area contributed by atoms with E-state index < -0.39 is 0 Å². The molecule has 0 bridgehead atoms. The van der Waals surface area contributed by atoms with E-state index in [1.54, 1.807) is 7.11 Å². The first-order valence-corrected chi connectivity index (χ1v) is 9.61. The molecule has 0 aliphatic heterocycles. The number of hydrogen-bond acceptors (Lipinski definition) is 7. The van der Waals surface area contributed by atoms with Gasteiger partial charge in [-0.2, -0.15) is 0 Å². The molecule has 1 aromatic carbocycles. The van der Waals surface area contributed by atoms with Crippen molar-refractivity contribution in [3.05, 3.63) is 29.8 Å². The maximum Gasteiger partial charge on any atom is 0.230 e. The summed E-state index contributed by atoms with van der Waals surface area (Å²) in [4.78, 5) is 23.6. The maximum atomic E-state index is 11.9. The minimum absolute atomic E-state index is 0.00457. The summed E-state index contributed by atoms with van der Waals surface area (Å²) in [6.07, 6.45) is 1.89. The number of methoxy groups -OCH3 is 1. The highest BCUT2D eigenvalue weighted by molar-refractivity contribution is 8.01. The Morgan fingerprint density at radius 2 is 2.04 bits per heavy atom. The molecule has 1 aliphatic carbocycles. The molecule has 0 saturated heterocycles. The molecule has 7 nitrogen and oxygen atoms in total. The van der Waals surface area contributed by atoms with Crippen LogP contribution in [-0.4, -0.2) is 34.9 Å². The molecule has 25 heavy (non-hydrogen) atoms. The number of hydrogen-bond donors (Lipinski definition) is 2. The summed E-state index contributed by atoms with van der Waals surface area (Å²) in [5.41, 5.74) is 1.00. The number of thioether (sulfide) groups is 1. The minimum atomic E-state index is -0.0837. The van der Waals surface area contributed by atoms with Crippen LogP contribution in [0.2, 0.25) is 0 Å². The fourth-order valence-corrected chi connectivity index (χ4v) is 3.58. The molecule has 1 saturated carbocycles. The summed E-state index contributed by atoms with van der Waals surface area (Å²) in [7, 11) is 1.62. The SMILES string of the molecule is COc1ccc(CNC(=O)CSc2nnc(NC(=O)C3CC3)s2)cc1. The van der Waals surface area contributed by atoms with Gasteiger partial charge in [0.2, 0.25) is 16.9 Å². The Morgan fingerprint density at radius 1 is 1.28 bits per heavy atom. The molecule has 132 valence electrons. The van der Waals surface area contributed by atoms with Crippen LogP contribution in [0.4, 0.5) is 5.13 Å². The summed E-state index contributed by atoms with van der Waals surface area (Å²) in [6, 6.07) is 7.53. The van der Waals surface area contributed by atoms with Gasteiger partial charge < -0.3 is 15.4 Å². The van der Waals surface area contributed by atoms with Crippen LogP contribution in [-0.2, 0) is 16.1 Å². The lowest BCUT2D eigenvalue weighted by molar-refractivity contribution is -0.119. The number of aromatic nitrogens is 2. The zero-order valence-electron chi connectivity index (χ0n) is 13.7. The lowest BCUT2D eigenvalue weighted by Crippen LogP contribution is -2.24. The Balaban J connectivity index is 1.39. The molecular formula is C16H18N4O3S2. The molecule has 1 aromatic heterocycles. The van der Waals surface area contributed by atoms with E-state index in [2.05, 4.69) is 20.8 Å². The quantitative estimate of drug-likeness (QED) is 0.541. The zero-order chi connectivity index (χ0) is 17.6. The number of nitrogens with zero attached hydrogens (tertiary/aromatic N) is 2. The van der Waals surface area contributed by atoms with Crippen LogP contribution in [0.5, 0.6) is 5.75 Å². The van der Waals surface area contributed by atoms with E-state index in [9.17, 15) is 9.59 Å². The van der Waals surface area contributed by atoms with Crippen LogP contribution in [0.1, 0.15) is 18.4 Å². The second kappa shape index (κ2) is 8.30. The third-order valence-corrected chi connectivity index (χ3v) is 5.53. The summed E-state index contributed by atoms with van der Waals surface area (Å²) < 4.78 is 5.75. The highest BCUT2D eigenvalue weighted by Crippen LogP contribution is 2.31. The van der Waals surface area contributed by atoms with Gasteiger partial charge in [0.25, 0.3) is 0 Å². The van der Waals surface area contributed by atoms with E-state index >= 15 is 0 Å². The van der Waals surface area contributed by atoms with Crippen molar-refractivity contribution in [3.8, 4) is 5.75 Å². The van der Waals surface area contributed by atoms with Crippen molar-refractivity contribution in [1.29, 1.82) is 0 Å².